The zero-order valence-corrected chi connectivity index (χ0v) is 14.2. The number of anilines is 1. The summed E-state index contributed by atoms with van der Waals surface area (Å²) in [6.45, 7) is 6.85. The van der Waals surface area contributed by atoms with Gasteiger partial charge in [0.1, 0.15) is 5.82 Å². The van der Waals surface area contributed by atoms with Crippen LogP contribution in [0.25, 0.3) is 0 Å². The molecule has 3 rings (SSSR count). The first-order valence-corrected chi connectivity index (χ1v) is 8.04. The van der Waals surface area contributed by atoms with Gasteiger partial charge < -0.3 is 4.90 Å². The lowest BCUT2D eigenvalue weighted by Gasteiger charge is -2.45. The van der Waals surface area contributed by atoms with Gasteiger partial charge in [-0.2, -0.15) is 0 Å². The Morgan fingerprint density at radius 3 is 2.74 bits per heavy atom. The van der Waals surface area contributed by atoms with Crippen LogP contribution in [0, 0.1) is 5.82 Å². The van der Waals surface area contributed by atoms with Gasteiger partial charge in [-0.1, -0.05) is 19.1 Å². The normalized spacial score (nSPS) is 19.9. The fourth-order valence-corrected chi connectivity index (χ4v) is 3.38. The maximum Gasteiger partial charge on any atom is 0.125 e. The van der Waals surface area contributed by atoms with Crippen molar-refractivity contribution in [3.05, 3.63) is 59.4 Å². The molecule has 0 radical (unpaired) electrons. The van der Waals surface area contributed by atoms with E-state index in [-0.39, 0.29) is 11.4 Å². The summed E-state index contributed by atoms with van der Waals surface area (Å²) in [6.07, 6.45) is 2.93. The first kappa shape index (κ1) is 15.7. The maximum absolute atomic E-state index is 13.2. The molecule has 0 N–H and O–H groups in total. The average Bonchev–Trinajstić information content (AvgIpc) is 2.50. The monoisotopic (exact) mass is 310 g/mol. The molecule has 0 spiro atoms. The number of benzene rings is 2. The van der Waals surface area contributed by atoms with E-state index in [4.69, 9.17) is 0 Å². The zero-order valence-electron chi connectivity index (χ0n) is 14.2. The lowest BCUT2D eigenvalue weighted by Crippen LogP contribution is -2.45. The third-order valence-corrected chi connectivity index (χ3v) is 4.83. The van der Waals surface area contributed by atoms with Crippen molar-refractivity contribution in [2.45, 2.75) is 38.6 Å². The highest BCUT2D eigenvalue weighted by Crippen LogP contribution is 2.42. The number of nitrogens with zero attached hydrogens (tertiary/aromatic N) is 2. The van der Waals surface area contributed by atoms with Crippen LogP contribution in [-0.4, -0.2) is 18.8 Å². The molecule has 0 fully saturated rings. The molecule has 1 atom stereocenters. The van der Waals surface area contributed by atoms with Gasteiger partial charge in [0, 0.05) is 24.5 Å². The first-order valence-electron chi connectivity index (χ1n) is 8.04. The summed E-state index contributed by atoms with van der Waals surface area (Å²) in [5, 5.41) is 0. The van der Waals surface area contributed by atoms with Crippen molar-refractivity contribution in [1.82, 2.24) is 0 Å². The Morgan fingerprint density at radius 2 is 2.00 bits per heavy atom. The zero-order chi connectivity index (χ0) is 16.6. The fraction of sp³-hybridized carbons (Fsp3) is 0.350. The van der Waals surface area contributed by atoms with Gasteiger partial charge in [0.2, 0.25) is 0 Å². The van der Waals surface area contributed by atoms with E-state index in [0.717, 1.165) is 12.0 Å². The molecule has 1 unspecified atom stereocenters. The highest BCUT2D eigenvalue weighted by molar-refractivity contribution is 5.83. The fourth-order valence-electron chi connectivity index (χ4n) is 3.38. The number of halogens is 1. The molecule has 1 heterocycles. The van der Waals surface area contributed by atoms with Crippen molar-refractivity contribution < 1.29 is 4.39 Å². The molecule has 1 aliphatic rings. The number of fused-ring (bicyclic) bond motifs is 1. The summed E-state index contributed by atoms with van der Waals surface area (Å²) in [4.78, 5) is 6.74. The number of rotatable bonds is 2. The molecule has 3 heteroatoms. The van der Waals surface area contributed by atoms with E-state index in [9.17, 15) is 4.39 Å². The second kappa shape index (κ2) is 5.80. The van der Waals surface area contributed by atoms with E-state index >= 15 is 0 Å². The highest BCUT2D eigenvalue weighted by Gasteiger charge is 2.33. The Hall–Kier alpha value is -2.16. The van der Waals surface area contributed by atoms with Crippen LogP contribution in [0.3, 0.4) is 0 Å². The van der Waals surface area contributed by atoms with Gasteiger partial charge >= 0.3 is 0 Å². The van der Waals surface area contributed by atoms with Crippen molar-refractivity contribution in [2.24, 2.45) is 4.99 Å². The van der Waals surface area contributed by atoms with Crippen LogP contribution >= 0.6 is 0 Å². The minimum absolute atomic E-state index is 0.170. The molecule has 1 aliphatic heterocycles. The van der Waals surface area contributed by atoms with Crippen LogP contribution in [0.15, 0.2) is 47.5 Å². The van der Waals surface area contributed by atoms with Gasteiger partial charge in [0.25, 0.3) is 0 Å². The SMILES string of the molecule is CC1CC(C)(C)N(C)c2ccc(C=Nc3cccc(F)c3)cc21. The van der Waals surface area contributed by atoms with Crippen molar-refractivity contribution in [2.75, 3.05) is 11.9 Å². The number of hydrogen-bond acceptors (Lipinski definition) is 2. The predicted molar refractivity (Wildman–Crippen MR) is 95.6 cm³/mol. The molecule has 0 bridgehead atoms. The third-order valence-electron chi connectivity index (χ3n) is 4.83. The molecule has 0 saturated carbocycles. The smallest absolute Gasteiger partial charge is 0.125 e. The second-order valence-corrected chi connectivity index (χ2v) is 7.03. The summed E-state index contributed by atoms with van der Waals surface area (Å²) in [5.41, 5.74) is 4.50. The molecule has 2 nitrogen and oxygen atoms in total. The third kappa shape index (κ3) is 3.14. The predicted octanol–water partition coefficient (Wildman–Crippen LogP) is 5.30. The largest absolute Gasteiger partial charge is 0.369 e. The molecular weight excluding hydrogens is 287 g/mol. The summed E-state index contributed by atoms with van der Waals surface area (Å²) in [7, 11) is 2.16. The molecule has 0 aromatic heterocycles. The van der Waals surface area contributed by atoms with Crippen LogP contribution in [-0.2, 0) is 0 Å². The van der Waals surface area contributed by atoms with Gasteiger partial charge in [-0.15, -0.1) is 0 Å². The molecule has 2 aromatic rings. The standard InChI is InChI=1S/C20H23FN2/c1-14-12-20(2,3)23(4)19-9-8-15(10-18(14)19)13-22-17-7-5-6-16(21)11-17/h5-11,13-14H,12H2,1-4H3. The molecule has 2 aromatic carbocycles. The molecule has 0 aliphatic carbocycles. The molecule has 23 heavy (non-hydrogen) atoms. The summed E-state index contributed by atoms with van der Waals surface area (Å²) < 4.78 is 13.2. The lowest BCUT2D eigenvalue weighted by atomic mass is 9.80. The number of aliphatic imine (C=N–C) groups is 1. The van der Waals surface area contributed by atoms with E-state index in [0.29, 0.717) is 11.6 Å². The minimum atomic E-state index is -0.262. The molecule has 0 saturated heterocycles. The second-order valence-electron chi connectivity index (χ2n) is 7.03. The van der Waals surface area contributed by atoms with Crippen molar-refractivity contribution in [3.8, 4) is 0 Å². The van der Waals surface area contributed by atoms with Crippen molar-refractivity contribution >= 4 is 17.6 Å². The Morgan fingerprint density at radius 1 is 1.22 bits per heavy atom. The van der Waals surface area contributed by atoms with E-state index in [1.807, 2.05) is 6.21 Å². The number of hydrogen-bond donors (Lipinski definition) is 0. The molecule has 0 amide bonds. The Labute approximate surface area is 137 Å². The minimum Gasteiger partial charge on any atom is -0.369 e. The molecular formula is C20H23FN2. The topological polar surface area (TPSA) is 15.6 Å². The van der Waals surface area contributed by atoms with Crippen LogP contribution in [0.2, 0.25) is 0 Å². The Bertz CT molecular complexity index is 749. The van der Waals surface area contributed by atoms with E-state index in [1.54, 1.807) is 12.1 Å². The van der Waals surface area contributed by atoms with Gasteiger partial charge in [-0.3, -0.25) is 4.99 Å². The van der Waals surface area contributed by atoms with Crippen molar-refractivity contribution in [3.63, 3.8) is 0 Å². The summed E-state index contributed by atoms with van der Waals surface area (Å²) in [5.74, 6) is 0.251. The Balaban J connectivity index is 1.91. The van der Waals surface area contributed by atoms with E-state index < -0.39 is 0 Å². The molecule has 120 valence electrons. The van der Waals surface area contributed by atoms with Gasteiger partial charge in [0.15, 0.2) is 0 Å². The Kier molecular flexibility index (Phi) is 3.97. The average molecular weight is 310 g/mol. The highest BCUT2D eigenvalue weighted by atomic mass is 19.1. The van der Waals surface area contributed by atoms with Gasteiger partial charge in [-0.05, 0) is 67.6 Å². The first-order chi connectivity index (χ1) is 10.9. The van der Waals surface area contributed by atoms with Crippen molar-refractivity contribution in [1.29, 1.82) is 0 Å². The van der Waals surface area contributed by atoms with Crippen LogP contribution in [0.4, 0.5) is 15.8 Å². The van der Waals surface area contributed by atoms with E-state index in [2.05, 4.69) is 55.9 Å². The quantitative estimate of drug-likeness (QED) is 0.687. The maximum atomic E-state index is 13.2. The van der Waals surface area contributed by atoms with Crippen LogP contribution in [0.5, 0.6) is 0 Å². The van der Waals surface area contributed by atoms with Crippen LogP contribution in [0.1, 0.15) is 44.2 Å². The summed E-state index contributed by atoms with van der Waals surface area (Å²) >= 11 is 0. The van der Waals surface area contributed by atoms with Gasteiger partial charge in [-0.25, -0.2) is 4.39 Å². The van der Waals surface area contributed by atoms with Crippen LogP contribution < -0.4 is 4.90 Å². The van der Waals surface area contributed by atoms with E-state index in [1.165, 1.54) is 23.4 Å². The summed E-state index contributed by atoms with van der Waals surface area (Å²) in [6, 6.07) is 12.8. The lowest BCUT2D eigenvalue weighted by molar-refractivity contribution is 0.395. The van der Waals surface area contributed by atoms with Gasteiger partial charge in [0.05, 0.1) is 5.69 Å².